The lowest BCUT2D eigenvalue weighted by Crippen LogP contribution is -2.40. The third kappa shape index (κ3) is 1.64. The second kappa shape index (κ2) is 4.17. The van der Waals surface area contributed by atoms with Crippen molar-refractivity contribution in [2.75, 3.05) is 6.61 Å². The van der Waals surface area contributed by atoms with Crippen LogP contribution in [0.5, 0.6) is 0 Å². The molecule has 2 aromatic carbocycles. The molecule has 1 N–H and O–H groups in total. The molecule has 1 unspecified atom stereocenters. The van der Waals surface area contributed by atoms with E-state index in [0.717, 1.165) is 15.7 Å². The summed E-state index contributed by atoms with van der Waals surface area (Å²) in [5, 5.41) is 11.0. The van der Waals surface area contributed by atoms with E-state index in [1.54, 1.807) is 19.1 Å². The number of rotatable bonds is 2. The summed E-state index contributed by atoms with van der Waals surface area (Å²) < 4.78 is 0. The Morgan fingerprint density at radius 2 is 1.53 bits per heavy atom. The molecule has 2 amide bonds. The van der Waals surface area contributed by atoms with Gasteiger partial charge in [0.05, 0.1) is 23.8 Å². The lowest BCUT2D eigenvalue weighted by molar-refractivity contribution is 0.0537. The van der Waals surface area contributed by atoms with E-state index in [1.165, 1.54) is 0 Å². The van der Waals surface area contributed by atoms with Crippen LogP contribution in [0.1, 0.15) is 27.6 Å². The molecule has 96 valence electrons. The van der Waals surface area contributed by atoms with Gasteiger partial charge in [0.15, 0.2) is 0 Å². The molecule has 0 aromatic heterocycles. The first-order valence-corrected chi connectivity index (χ1v) is 6.15. The molecule has 0 spiro atoms. The molecule has 3 rings (SSSR count). The predicted molar refractivity (Wildman–Crippen MR) is 71.0 cm³/mol. The Balaban J connectivity index is 2.19. The summed E-state index contributed by atoms with van der Waals surface area (Å²) in [7, 11) is 0. The molecule has 1 aliphatic heterocycles. The van der Waals surface area contributed by atoms with Gasteiger partial charge in [-0.3, -0.25) is 14.5 Å². The van der Waals surface area contributed by atoms with E-state index in [2.05, 4.69) is 0 Å². The van der Waals surface area contributed by atoms with Gasteiger partial charge < -0.3 is 5.11 Å². The zero-order chi connectivity index (χ0) is 13.6. The van der Waals surface area contributed by atoms with Crippen molar-refractivity contribution in [2.45, 2.75) is 13.0 Å². The van der Waals surface area contributed by atoms with Gasteiger partial charge in [0.1, 0.15) is 0 Å². The second-order valence-corrected chi connectivity index (χ2v) is 4.76. The number of hydrogen-bond donors (Lipinski definition) is 1. The highest BCUT2D eigenvalue weighted by molar-refractivity contribution is 6.23. The molecule has 1 aliphatic rings. The van der Waals surface area contributed by atoms with E-state index < -0.39 is 6.04 Å². The second-order valence-electron chi connectivity index (χ2n) is 4.76. The molecule has 1 atom stereocenters. The van der Waals surface area contributed by atoms with Crippen molar-refractivity contribution in [3.8, 4) is 0 Å². The maximum atomic E-state index is 12.2. The molecule has 0 aliphatic carbocycles. The van der Waals surface area contributed by atoms with Crippen molar-refractivity contribution in [3.05, 3.63) is 47.5 Å². The molecule has 0 radical (unpaired) electrons. The first-order valence-electron chi connectivity index (χ1n) is 6.15. The highest BCUT2D eigenvalue weighted by Crippen LogP contribution is 2.29. The molecule has 4 nitrogen and oxygen atoms in total. The maximum Gasteiger partial charge on any atom is 0.261 e. The van der Waals surface area contributed by atoms with Crippen LogP contribution < -0.4 is 0 Å². The smallest absolute Gasteiger partial charge is 0.261 e. The number of benzene rings is 2. The number of hydrogen-bond acceptors (Lipinski definition) is 3. The number of imide groups is 1. The summed E-state index contributed by atoms with van der Waals surface area (Å²) in [5.41, 5.74) is 0.841. The Morgan fingerprint density at radius 1 is 1.05 bits per heavy atom. The monoisotopic (exact) mass is 255 g/mol. The van der Waals surface area contributed by atoms with Crippen LogP contribution in [-0.2, 0) is 0 Å². The Morgan fingerprint density at radius 3 is 1.95 bits per heavy atom. The van der Waals surface area contributed by atoms with Gasteiger partial charge in [-0.2, -0.15) is 0 Å². The third-order valence-electron chi connectivity index (χ3n) is 3.49. The summed E-state index contributed by atoms with van der Waals surface area (Å²) in [6.07, 6.45) is 0. The Hall–Kier alpha value is -2.20. The molecular weight excluding hydrogens is 242 g/mol. The van der Waals surface area contributed by atoms with E-state index in [9.17, 15) is 9.59 Å². The Kier molecular flexibility index (Phi) is 2.61. The van der Waals surface area contributed by atoms with E-state index >= 15 is 0 Å². The minimum Gasteiger partial charge on any atom is -0.394 e. The number of aliphatic hydroxyl groups excluding tert-OH is 1. The average Bonchev–Trinajstić information content (AvgIpc) is 2.68. The van der Waals surface area contributed by atoms with Crippen molar-refractivity contribution in [1.29, 1.82) is 0 Å². The zero-order valence-electron chi connectivity index (χ0n) is 10.5. The molecule has 0 bridgehead atoms. The molecule has 0 saturated carbocycles. The van der Waals surface area contributed by atoms with Gasteiger partial charge in [0.25, 0.3) is 11.8 Å². The summed E-state index contributed by atoms with van der Waals surface area (Å²) >= 11 is 0. The van der Waals surface area contributed by atoms with Crippen molar-refractivity contribution >= 4 is 22.6 Å². The summed E-state index contributed by atoms with van der Waals surface area (Å²) in [6, 6.07) is 10.6. The van der Waals surface area contributed by atoms with Crippen LogP contribution in [0.3, 0.4) is 0 Å². The van der Waals surface area contributed by atoms with Crippen LogP contribution in [-0.4, -0.2) is 34.5 Å². The normalized spacial score (nSPS) is 16.0. The molecule has 4 heteroatoms. The zero-order valence-corrected chi connectivity index (χ0v) is 10.5. The van der Waals surface area contributed by atoms with Crippen LogP contribution in [0.25, 0.3) is 10.8 Å². The fourth-order valence-electron chi connectivity index (χ4n) is 2.43. The van der Waals surface area contributed by atoms with E-state index in [4.69, 9.17) is 5.11 Å². The Bertz CT molecular complexity index is 638. The van der Waals surface area contributed by atoms with Crippen molar-refractivity contribution in [1.82, 2.24) is 4.90 Å². The predicted octanol–water partition coefficient (Wildman–Crippen LogP) is 1.82. The number of nitrogens with zero attached hydrogens (tertiary/aromatic N) is 1. The van der Waals surface area contributed by atoms with E-state index in [-0.39, 0.29) is 18.4 Å². The minimum absolute atomic E-state index is 0.231. The van der Waals surface area contributed by atoms with Gasteiger partial charge in [-0.15, -0.1) is 0 Å². The third-order valence-corrected chi connectivity index (χ3v) is 3.49. The minimum atomic E-state index is -0.504. The molecule has 0 saturated heterocycles. The average molecular weight is 255 g/mol. The van der Waals surface area contributed by atoms with Gasteiger partial charge in [0, 0.05) is 0 Å². The maximum absolute atomic E-state index is 12.2. The first-order chi connectivity index (χ1) is 9.13. The topological polar surface area (TPSA) is 57.6 Å². The van der Waals surface area contributed by atoms with Gasteiger partial charge in [-0.05, 0) is 29.8 Å². The summed E-state index contributed by atoms with van der Waals surface area (Å²) in [6.45, 7) is 1.42. The number of carbonyl (C=O) groups excluding carboxylic acids is 2. The molecule has 1 heterocycles. The molecule has 19 heavy (non-hydrogen) atoms. The lowest BCUT2D eigenvalue weighted by atomic mass is 10.0. The SMILES string of the molecule is CC(CO)N1C(=O)c2cc3ccccc3cc2C1=O. The molecule has 0 fully saturated rings. The largest absolute Gasteiger partial charge is 0.394 e. The summed E-state index contributed by atoms with van der Waals surface area (Å²) in [4.78, 5) is 25.6. The number of fused-ring (bicyclic) bond motifs is 2. The van der Waals surface area contributed by atoms with Gasteiger partial charge >= 0.3 is 0 Å². The summed E-state index contributed by atoms with van der Waals surface area (Å²) in [5.74, 6) is -0.653. The molecule has 2 aromatic rings. The van der Waals surface area contributed by atoms with Gasteiger partial charge in [0.2, 0.25) is 0 Å². The quantitative estimate of drug-likeness (QED) is 0.833. The van der Waals surface area contributed by atoms with Crippen molar-refractivity contribution in [3.63, 3.8) is 0 Å². The standard InChI is InChI=1S/C15H13NO3/c1-9(8-17)16-14(18)12-6-10-4-2-3-5-11(10)7-13(12)15(16)19/h2-7,9,17H,8H2,1H3. The van der Waals surface area contributed by atoms with Gasteiger partial charge in [-0.1, -0.05) is 24.3 Å². The highest BCUT2D eigenvalue weighted by Gasteiger charge is 2.38. The number of amides is 2. The van der Waals surface area contributed by atoms with Crippen LogP contribution in [0.15, 0.2) is 36.4 Å². The highest BCUT2D eigenvalue weighted by atomic mass is 16.3. The van der Waals surface area contributed by atoms with Crippen molar-refractivity contribution < 1.29 is 14.7 Å². The fourth-order valence-corrected chi connectivity index (χ4v) is 2.43. The fraction of sp³-hybridized carbons (Fsp3) is 0.200. The van der Waals surface area contributed by atoms with Crippen LogP contribution >= 0.6 is 0 Å². The van der Waals surface area contributed by atoms with E-state index in [0.29, 0.717) is 11.1 Å². The first kappa shape index (κ1) is 11.9. The van der Waals surface area contributed by atoms with E-state index in [1.807, 2.05) is 24.3 Å². The van der Waals surface area contributed by atoms with Crippen LogP contribution in [0, 0.1) is 0 Å². The van der Waals surface area contributed by atoms with Crippen LogP contribution in [0.2, 0.25) is 0 Å². The van der Waals surface area contributed by atoms with Crippen LogP contribution in [0.4, 0.5) is 0 Å². The number of carbonyl (C=O) groups is 2. The Labute approximate surface area is 110 Å². The molecular formula is C15H13NO3. The number of aliphatic hydroxyl groups is 1. The lowest BCUT2D eigenvalue weighted by Gasteiger charge is -2.19. The van der Waals surface area contributed by atoms with Crippen molar-refractivity contribution in [2.24, 2.45) is 0 Å². The van der Waals surface area contributed by atoms with Gasteiger partial charge in [-0.25, -0.2) is 0 Å².